The zero-order chi connectivity index (χ0) is 24.6. The smallest absolute Gasteiger partial charge is 0.458 e. The summed E-state index contributed by atoms with van der Waals surface area (Å²) in [6.45, 7) is 10.6. The molecule has 1 aromatic rings. The second-order valence-electron chi connectivity index (χ2n) is 8.21. The highest BCUT2D eigenvalue weighted by Crippen LogP contribution is 2.29. The largest absolute Gasteiger partial charge is 0.509 e. The first-order valence-corrected chi connectivity index (χ1v) is 10.0. The number of hydrogen-bond acceptors (Lipinski definition) is 10. The molecule has 0 saturated carbocycles. The number of benzene rings is 1. The third-order valence-electron chi connectivity index (χ3n) is 3.91. The van der Waals surface area contributed by atoms with Gasteiger partial charge in [0.1, 0.15) is 23.9 Å². The van der Waals surface area contributed by atoms with Gasteiger partial charge in [0.15, 0.2) is 11.5 Å². The molecule has 0 amide bonds. The van der Waals surface area contributed by atoms with Gasteiger partial charge >= 0.3 is 24.1 Å². The molecule has 0 aromatic heterocycles. The fourth-order valence-corrected chi connectivity index (χ4v) is 2.38. The molecule has 1 rings (SSSR count). The van der Waals surface area contributed by atoms with Crippen molar-refractivity contribution in [2.45, 2.75) is 78.7 Å². The summed E-state index contributed by atoms with van der Waals surface area (Å²) in [4.78, 5) is 46.7. The Morgan fingerprint density at radius 3 is 1.97 bits per heavy atom. The van der Waals surface area contributed by atoms with Gasteiger partial charge < -0.3 is 29.4 Å². The molecule has 0 unspecified atom stereocenters. The molecule has 0 spiro atoms. The van der Waals surface area contributed by atoms with Gasteiger partial charge in [-0.05, 0) is 58.7 Å². The Kier molecular flexibility index (Phi) is 9.64. The Balaban J connectivity index is 2.75. The molecular formula is C22H31NO9. The highest BCUT2D eigenvalue weighted by atomic mass is 16.7. The van der Waals surface area contributed by atoms with Crippen molar-refractivity contribution < 1.29 is 42.9 Å². The minimum atomic E-state index is -1.05. The van der Waals surface area contributed by atoms with E-state index < -0.39 is 47.9 Å². The van der Waals surface area contributed by atoms with Crippen LogP contribution < -0.4 is 15.2 Å². The fraction of sp³-hybridized carbons (Fsp3) is 0.545. The molecule has 1 aromatic carbocycles. The van der Waals surface area contributed by atoms with Gasteiger partial charge in [0.2, 0.25) is 0 Å². The standard InChI is InChI=1S/C22H31NO9/c1-12(13(2)29-21(27)32-22(5,6)7)28-20(26)17(23)10-16-8-9-18(30-14(3)24)19(11-16)31-15(4)25/h8-9,11-13,17H,10,23H2,1-7H3/t12-,13-,17-/m0/s1. The van der Waals surface area contributed by atoms with Gasteiger partial charge in [0.05, 0.1) is 0 Å². The van der Waals surface area contributed by atoms with Crippen LogP contribution in [0.2, 0.25) is 0 Å². The van der Waals surface area contributed by atoms with E-state index in [1.54, 1.807) is 40.7 Å². The quantitative estimate of drug-likeness (QED) is 0.461. The van der Waals surface area contributed by atoms with Crippen molar-refractivity contribution in [1.82, 2.24) is 0 Å². The van der Waals surface area contributed by atoms with E-state index >= 15 is 0 Å². The first-order chi connectivity index (χ1) is 14.7. The van der Waals surface area contributed by atoms with Crippen molar-refractivity contribution in [2.24, 2.45) is 5.73 Å². The summed E-state index contributed by atoms with van der Waals surface area (Å²) in [5, 5.41) is 0. The molecule has 178 valence electrons. The Morgan fingerprint density at radius 1 is 0.906 bits per heavy atom. The first kappa shape index (κ1) is 26.9. The van der Waals surface area contributed by atoms with E-state index in [9.17, 15) is 19.2 Å². The lowest BCUT2D eigenvalue weighted by Gasteiger charge is -2.24. The molecule has 0 aliphatic rings. The van der Waals surface area contributed by atoms with E-state index in [0.717, 1.165) is 0 Å². The zero-order valence-electron chi connectivity index (χ0n) is 19.4. The molecular weight excluding hydrogens is 422 g/mol. The van der Waals surface area contributed by atoms with Gasteiger partial charge in [-0.1, -0.05) is 6.07 Å². The van der Waals surface area contributed by atoms with Crippen molar-refractivity contribution in [3.63, 3.8) is 0 Å². The normalized spacial score (nSPS) is 13.9. The lowest BCUT2D eigenvalue weighted by Crippen LogP contribution is -2.40. The minimum absolute atomic E-state index is 0.0264. The maximum Gasteiger partial charge on any atom is 0.509 e. The first-order valence-electron chi connectivity index (χ1n) is 10.0. The summed E-state index contributed by atoms with van der Waals surface area (Å²) in [5.74, 6) is -1.81. The molecule has 2 N–H and O–H groups in total. The van der Waals surface area contributed by atoms with Gasteiger partial charge in [-0.2, -0.15) is 0 Å². The third kappa shape index (κ3) is 9.78. The molecule has 0 aliphatic heterocycles. The summed E-state index contributed by atoms with van der Waals surface area (Å²) in [5.41, 5.74) is 5.79. The molecule has 0 heterocycles. The molecule has 0 fully saturated rings. The third-order valence-corrected chi connectivity index (χ3v) is 3.91. The van der Waals surface area contributed by atoms with Crippen LogP contribution >= 0.6 is 0 Å². The lowest BCUT2D eigenvalue weighted by molar-refractivity contribution is -0.156. The minimum Gasteiger partial charge on any atom is -0.458 e. The van der Waals surface area contributed by atoms with Crippen molar-refractivity contribution in [3.05, 3.63) is 23.8 Å². The van der Waals surface area contributed by atoms with Crippen LogP contribution in [0.1, 0.15) is 54.0 Å². The van der Waals surface area contributed by atoms with Crippen LogP contribution in [0.25, 0.3) is 0 Å². The number of nitrogens with two attached hydrogens (primary N) is 1. The predicted octanol–water partition coefficient (Wildman–Crippen LogP) is 2.68. The SMILES string of the molecule is CC(=O)Oc1ccc(C[C@H](N)C(=O)O[C@@H](C)[C@H](C)OC(=O)OC(C)(C)C)cc1OC(C)=O. The molecule has 10 heteroatoms. The Morgan fingerprint density at radius 2 is 1.44 bits per heavy atom. The number of hydrogen-bond donors (Lipinski definition) is 1. The second-order valence-corrected chi connectivity index (χ2v) is 8.21. The lowest BCUT2D eigenvalue weighted by atomic mass is 10.1. The van der Waals surface area contributed by atoms with Gasteiger partial charge in [0.25, 0.3) is 0 Å². The average Bonchev–Trinajstić information content (AvgIpc) is 2.61. The molecule has 3 atom stereocenters. The van der Waals surface area contributed by atoms with Crippen molar-refractivity contribution in [3.8, 4) is 11.5 Å². The van der Waals surface area contributed by atoms with Crippen LogP contribution in [0.4, 0.5) is 4.79 Å². The molecule has 0 radical (unpaired) electrons. The molecule has 0 bridgehead atoms. The molecule has 0 aliphatic carbocycles. The van der Waals surface area contributed by atoms with Crippen LogP contribution in [0.5, 0.6) is 11.5 Å². The maximum absolute atomic E-state index is 12.4. The average molecular weight is 453 g/mol. The van der Waals surface area contributed by atoms with Gasteiger partial charge in [0, 0.05) is 13.8 Å². The summed E-state index contributed by atoms with van der Waals surface area (Å²) in [6, 6.07) is 3.42. The summed E-state index contributed by atoms with van der Waals surface area (Å²) in [6.07, 6.45) is -2.35. The van der Waals surface area contributed by atoms with Crippen LogP contribution in [-0.2, 0) is 35.0 Å². The Bertz CT molecular complexity index is 844. The molecule has 10 nitrogen and oxygen atoms in total. The topological polar surface area (TPSA) is 140 Å². The van der Waals surface area contributed by atoms with Gasteiger partial charge in [-0.25, -0.2) is 4.79 Å². The van der Waals surface area contributed by atoms with E-state index in [0.29, 0.717) is 5.56 Å². The van der Waals surface area contributed by atoms with Crippen molar-refractivity contribution in [1.29, 1.82) is 0 Å². The monoisotopic (exact) mass is 453 g/mol. The van der Waals surface area contributed by atoms with Gasteiger partial charge in [-0.3, -0.25) is 14.4 Å². The van der Waals surface area contributed by atoms with E-state index in [1.807, 2.05) is 0 Å². The van der Waals surface area contributed by atoms with E-state index in [4.69, 9.17) is 29.4 Å². The van der Waals surface area contributed by atoms with E-state index in [-0.39, 0.29) is 17.9 Å². The Labute approximate surface area is 187 Å². The number of ether oxygens (including phenoxy) is 5. The van der Waals surface area contributed by atoms with Crippen molar-refractivity contribution >= 4 is 24.1 Å². The summed E-state index contributed by atoms with van der Waals surface area (Å²) < 4.78 is 25.5. The van der Waals surface area contributed by atoms with Crippen LogP contribution in [0.15, 0.2) is 18.2 Å². The number of carbonyl (C=O) groups is 4. The second kappa shape index (κ2) is 11.5. The molecule has 0 saturated heterocycles. The highest BCUT2D eigenvalue weighted by molar-refractivity contribution is 5.76. The number of rotatable bonds is 8. The Hall–Kier alpha value is -3.14. The van der Waals surface area contributed by atoms with Crippen LogP contribution in [0, 0.1) is 0 Å². The summed E-state index contributed by atoms with van der Waals surface area (Å²) in [7, 11) is 0. The van der Waals surface area contributed by atoms with E-state index in [2.05, 4.69) is 0 Å². The number of esters is 3. The van der Waals surface area contributed by atoms with Gasteiger partial charge in [-0.15, -0.1) is 0 Å². The fourth-order valence-electron chi connectivity index (χ4n) is 2.38. The molecule has 32 heavy (non-hydrogen) atoms. The highest BCUT2D eigenvalue weighted by Gasteiger charge is 2.26. The van der Waals surface area contributed by atoms with Crippen molar-refractivity contribution in [2.75, 3.05) is 0 Å². The maximum atomic E-state index is 12.4. The zero-order valence-corrected chi connectivity index (χ0v) is 19.4. The number of carbonyl (C=O) groups excluding carboxylic acids is 4. The summed E-state index contributed by atoms with van der Waals surface area (Å²) >= 11 is 0. The van der Waals surface area contributed by atoms with E-state index in [1.165, 1.54) is 26.0 Å². The predicted molar refractivity (Wildman–Crippen MR) is 113 cm³/mol. The van der Waals surface area contributed by atoms with Crippen LogP contribution in [-0.4, -0.2) is 47.9 Å². The van der Waals surface area contributed by atoms with Crippen LogP contribution in [0.3, 0.4) is 0 Å².